The van der Waals surface area contributed by atoms with Crippen molar-refractivity contribution in [1.29, 1.82) is 0 Å². The predicted octanol–water partition coefficient (Wildman–Crippen LogP) is 3.37. The van der Waals surface area contributed by atoms with Crippen LogP contribution in [-0.2, 0) is 11.3 Å². The van der Waals surface area contributed by atoms with Crippen LogP contribution in [0.25, 0.3) is 6.08 Å². The number of nitrogens with one attached hydrogen (secondary N) is 2. The zero-order valence-electron chi connectivity index (χ0n) is 18.7. The lowest BCUT2D eigenvalue weighted by molar-refractivity contribution is -0.111. The Bertz CT molecular complexity index is 941. The van der Waals surface area contributed by atoms with Crippen molar-refractivity contribution in [2.24, 2.45) is 0 Å². The van der Waals surface area contributed by atoms with Gasteiger partial charge >= 0.3 is 0 Å². The maximum Gasteiger partial charge on any atom is 0.251 e. The van der Waals surface area contributed by atoms with E-state index in [0.29, 0.717) is 11.6 Å². The number of carbonyl (C=O) groups excluding carboxylic acids is 2. The molecule has 0 spiro atoms. The van der Waals surface area contributed by atoms with Crippen LogP contribution in [0.2, 0.25) is 0 Å². The maximum atomic E-state index is 12.3. The van der Waals surface area contributed by atoms with Gasteiger partial charge < -0.3 is 15.5 Å². The first-order chi connectivity index (χ1) is 15.6. The van der Waals surface area contributed by atoms with Crippen LogP contribution in [0.3, 0.4) is 0 Å². The van der Waals surface area contributed by atoms with Crippen molar-refractivity contribution in [2.75, 3.05) is 38.0 Å². The molecule has 2 amide bonds. The van der Waals surface area contributed by atoms with Gasteiger partial charge in [-0.3, -0.25) is 14.5 Å². The van der Waals surface area contributed by atoms with Crippen molar-refractivity contribution in [3.05, 3.63) is 71.3 Å². The molecule has 2 fully saturated rings. The summed E-state index contributed by atoms with van der Waals surface area (Å²) in [5.74, 6) is -0.212. The minimum absolute atomic E-state index is 0.0348. The Morgan fingerprint density at radius 2 is 1.59 bits per heavy atom. The SMILES string of the molecule is CCN1CCN(Cc2ccc(NC(=O)C=Cc3ccc(C(=O)NC4CC4)cc3)cc2)CC1. The first-order valence-corrected chi connectivity index (χ1v) is 11.5. The van der Waals surface area contributed by atoms with E-state index in [0.717, 1.165) is 63.4 Å². The van der Waals surface area contributed by atoms with E-state index in [1.54, 1.807) is 18.2 Å². The molecule has 1 heterocycles. The lowest BCUT2D eigenvalue weighted by atomic mass is 10.1. The predicted molar refractivity (Wildman–Crippen MR) is 128 cm³/mol. The number of benzene rings is 2. The Kier molecular flexibility index (Phi) is 7.35. The fourth-order valence-electron chi connectivity index (χ4n) is 3.81. The van der Waals surface area contributed by atoms with Crippen molar-refractivity contribution in [2.45, 2.75) is 32.4 Å². The van der Waals surface area contributed by atoms with Crippen molar-refractivity contribution in [1.82, 2.24) is 15.1 Å². The van der Waals surface area contributed by atoms with Gasteiger partial charge in [-0.25, -0.2) is 0 Å². The lowest BCUT2D eigenvalue weighted by Crippen LogP contribution is -2.45. The highest BCUT2D eigenvalue weighted by atomic mass is 16.2. The van der Waals surface area contributed by atoms with Gasteiger partial charge in [0.1, 0.15) is 0 Å². The van der Waals surface area contributed by atoms with E-state index in [2.05, 4.69) is 39.5 Å². The minimum atomic E-state index is -0.177. The average molecular weight is 433 g/mol. The highest BCUT2D eigenvalue weighted by molar-refractivity contribution is 6.02. The molecule has 168 valence electrons. The molecule has 0 unspecified atom stereocenters. The van der Waals surface area contributed by atoms with E-state index < -0.39 is 0 Å². The molecule has 2 aromatic rings. The zero-order chi connectivity index (χ0) is 22.3. The molecule has 2 aromatic carbocycles. The summed E-state index contributed by atoms with van der Waals surface area (Å²) in [4.78, 5) is 29.3. The molecule has 1 saturated carbocycles. The van der Waals surface area contributed by atoms with Gasteiger partial charge in [0.25, 0.3) is 5.91 Å². The molecule has 32 heavy (non-hydrogen) atoms. The second-order valence-corrected chi connectivity index (χ2v) is 8.60. The molecule has 0 aromatic heterocycles. The third kappa shape index (κ3) is 6.52. The lowest BCUT2D eigenvalue weighted by Gasteiger charge is -2.34. The molecule has 0 radical (unpaired) electrons. The first kappa shape index (κ1) is 22.2. The van der Waals surface area contributed by atoms with Gasteiger partial charge in [0.2, 0.25) is 5.91 Å². The molecule has 1 saturated heterocycles. The third-order valence-electron chi connectivity index (χ3n) is 6.05. The summed E-state index contributed by atoms with van der Waals surface area (Å²) in [6.07, 6.45) is 5.41. The zero-order valence-corrected chi connectivity index (χ0v) is 18.7. The summed E-state index contributed by atoms with van der Waals surface area (Å²) in [5, 5.41) is 5.88. The second kappa shape index (κ2) is 10.6. The average Bonchev–Trinajstić information content (AvgIpc) is 3.64. The molecule has 0 atom stereocenters. The summed E-state index contributed by atoms with van der Waals surface area (Å²) < 4.78 is 0. The maximum absolute atomic E-state index is 12.3. The van der Waals surface area contributed by atoms with Gasteiger partial charge in [0, 0.05) is 56.1 Å². The summed E-state index contributed by atoms with van der Waals surface area (Å²) in [6, 6.07) is 15.7. The van der Waals surface area contributed by atoms with E-state index in [1.807, 2.05) is 24.3 Å². The number of carbonyl (C=O) groups is 2. The quantitative estimate of drug-likeness (QED) is 0.628. The summed E-state index contributed by atoms with van der Waals surface area (Å²) in [7, 11) is 0. The number of nitrogens with zero attached hydrogens (tertiary/aromatic N) is 2. The van der Waals surface area contributed by atoms with Crippen LogP contribution >= 0.6 is 0 Å². The molecule has 0 bridgehead atoms. The van der Waals surface area contributed by atoms with Gasteiger partial charge in [-0.2, -0.15) is 0 Å². The standard InChI is InChI=1S/C26H32N4O2/c1-2-29-15-17-30(18-16-29)19-21-5-10-23(11-6-21)27-25(31)14-7-20-3-8-22(9-4-20)26(32)28-24-12-13-24/h3-11,14,24H,2,12-13,15-19H2,1H3,(H,27,31)(H,28,32). The second-order valence-electron chi connectivity index (χ2n) is 8.60. The Balaban J connectivity index is 1.23. The smallest absolute Gasteiger partial charge is 0.251 e. The highest BCUT2D eigenvalue weighted by Crippen LogP contribution is 2.19. The topological polar surface area (TPSA) is 64.7 Å². The number of hydrogen-bond donors (Lipinski definition) is 2. The fourth-order valence-corrected chi connectivity index (χ4v) is 3.81. The Morgan fingerprint density at radius 1 is 0.938 bits per heavy atom. The Morgan fingerprint density at radius 3 is 2.22 bits per heavy atom. The summed E-state index contributed by atoms with van der Waals surface area (Å²) in [5.41, 5.74) is 3.56. The number of piperazine rings is 1. The monoisotopic (exact) mass is 432 g/mol. The normalized spacial score (nSPS) is 17.4. The molecule has 2 aliphatic rings. The van der Waals surface area contributed by atoms with E-state index in [4.69, 9.17) is 0 Å². The van der Waals surface area contributed by atoms with Crippen LogP contribution < -0.4 is 10.6 Å². The van der Waals surface area contributed by atoms with Gasteiger partial charge in [0.05, 0.1) is 0 Å². The number of anilines is 1. The van der Waals surface area contributed by atoms with E-state index in [-0.39, 0.29) is 11.8 Å². The Labute approximate surface area is 190 Å². The van der Waals surface area contributed by atoms with Crippen molar-refractivity contribution >= 4 is 23.6 Å². The van der Waals surface area contributed by atoms with Gasteiger partial charge in [-0.15, -0.1) is 0 Å². The van der Waals surface area contributed by atoms with Crippen molar-refractivity contribution < 1.29 is 9.59 Å². The van der Waals surface area contributed by atoms with E-state index in [1.165, 1.54) is 11.6 Å². The van der Waals surface area contributed by atoms with E-state index in [9.17, 15) is 9.59 Å². The van der Waals surface area contributed by atoms with Crippen LogP contribution in [0.4, 0.5) is 5.69 Å². The van der Waals surface area contributed by atoms with Gasteiger partial charge in [-0.1, -0.05) is 31.2 Å². The highest BCUT2D eigenvalue weighted by Gasteiger charge is 2.23. The molecule has 4 rings (SSSR count). The summed E-state index contributed by atoms with van der Waals surface area (Å²) in [6.45, 7) is 8.75. The molecule has 6 nitrogen and oxygen atoms in total. The van der Waals surface area contributed by atoms with Crippen LogP contribution in [0, 0.1) is 0 Å². The van der Waals surface area contributed by atoms with Crippen molar-refractivity contribution in [3.63, 3.8) is 0 Å². The van der Waals surface area contributed by atoms with Crippen LogP contribution in [0.15, 0.2) is 54.6 Å². The van der Waals surface area contributed by atoms with Crippen LogP contribution in [0.1, 0.15) is 41.3 Å². The number of rotatable bonds is 8. The molecular formula is C26H32N4O2. The minimum Gasteiger partial charge on any atom is -0.349 e. The molecule has 6 heteroatoms. The number of likely N-dealkylation sites (N-methyl/N-ethyl adjacent to an activating group) is 1. The summed E-state index contributed by atoms with van der Waals surface area (Å²) >= 11 is 0. The number of amides is 2. The third-order valence-corrected chi connectivity index (χ3v) is 6.05. The van der Waals surface area contributed by atoms with Crippen molar-refractivity contribution in [3.8, 4) is 0 Å². The van der Waals surface area contributed by atoms with E-state index >= 15 is 0 Å². The van der Waals surface area contributed by atoms with Crippen LogP contribution in [0.5, 0.6) is 0 Å². The molecule has 1 aliphatic carbocycles. The number of hydrogen-bond acceptors (Lipinski definition) is 4. The fraction of sp³-hybridized carbons (Fsp3) is 0.385. The first-order valence-electron chi connectivity index (χ1n) is 11.5. The van der Waals surface area contributed by atoms with Crippen LogP contribution in [-0.4, -0.2) is 60.4 Å². The molecule has 1 aliphatic heterocycles. The molecule has 2 N–H and O–H groups in total. The molecular weight excluding hydrogens is 400 g/mol. The largest absolute Gasteiger partial charge is 0.349 e. The van der Waals surface area contributed by atoms with Gasteiger partial charge in [0.15, 0.2) is 0 Å². The Hall–Kier alpha value is -2.96. The van der Waals surface area contributed by atoms with Gasteiger partial charge in [-0.05, 0) is 60.9 Å².